The summed E-state index contributed by atoms with van der Waals surface area (Å²) in [5, 5.41) is 12.3. The van der Waals surface area contributed by atoms with Crippen LogP contribution in [0.25, 0.3) is 0 Å². The molecule has 0 atom stereocenters. The molecule has 41 heavy (non-hydrogen) atoms. The molecule has 0 aliphatic heterocycles. The Morgan fingerprint density at radius 1 is 0.561 bits per heavy atom. The Hall–Kier alpha value is -5.98. The van der Waals surface area contributed by atoms with E-state index in [0.717, 1.165) is 0 Å². The minimum atomic E-state index is -0.745. The van der Waals surface area contributed by atoms with Crippen molar-refractivity contribution in [2.75, 3.05) is 24.7 Å². The third-order valence-electron chi connectivity index (χ3n) is 5.31. The first-order valence-corrected chi connectivity index (χ1v) is 12.1. The molecule has 4 aromatic rings. The maximum atomic E-state index is 12.3. The number of carbonyl (C=O) groups is 4. The van der Waals surface area contributed by atoms with E-state index in [1.807, 2.05) is 0 Å². The van der Waals surface area contributed by atoms with Crippen molar-refractivity contribution in [2.24, 2.45) is 0 Å². The summed E-state index contributed by atoms with van der Waals surface area (Å²) < 4.78 is 11.5. The van der Waals surface area contributed by atoms with Crippen LogP contribution in [0.2, 0.25) is 0 Å². The number of carbonyl (C=O) groups excluding carboxylic acids is 4. The molecule has 0 fully saturated rings. The van der Waals surface area contributed by atoms with Gasteiger partial charge in [-0.3, -0.25) is 24.9 Å². The second kappa shape index (κ2) is 13.2. The Bertz CT molecular complexity index is 1440. The summed E-state index contributed by atoms with van der Waals surface area (Å²) in [6.45, 7) is 0. The van der Waals surface area contributed by atoms with Crippen LogP contribution in [-0.4, -0.2) is 47.9 Å². The molecule has 0 spiro atoms. The number of aromatic nitrogens is 2. The van der Waals surface area contributed by atoms with Gasteiger partial charge in [0.15, 0.2) is 0 Å². The van der Waals surface area contributed by atoms with Crippen molar-refractivity contribution in [3.05, 3.63) is 96.6 Å². The van der Waals surface area contributed by atoms with Gasteiger partial charge in [0.2, 0.25) is 0 Å². The lowest BCUT2D eigenvalue weighted by molar-refractivity contribution is 0.0950. The van der Waals surface area contributed by atoms with Gasteiger partial charge in [-0.1, -0.05) is 0 Å². The van der Waals surface area contributed by atoms with E-state index in [4.69, 9.17) is 9.47 Å². The summed E-state index contributed by atoms with van der Waals surface area (Å²) in [5.74, 6) is 1.09. The summed E-state index contributed by atoms with van der Waals surface area (Å²) >= 11 is 0. The van der Waals surface area contributed by atoms with Crippen LogP contribution in [-0.2, 0) is 0 Å². The maximum Gasteiger partial charge on any atom is 0.327 e. The van der Waals surface area contributed by atoms with Gasteiger partial charge in [-0.25, -0.2) is 9.59 Å². The van der Waals surface area contributed by atoms with Crippen molar-refractivity contribution in [1.82, 2.24) is 25.9 Å². The van der Waals surface area contributed by atoms with Crippen LogP contribution in [0.4, 0.5) is 21.0 Å². The summed E-state index contributed by atoms with van der Waals surface area (Å²) in [6, 6.07) is 17.6. The lowest BCUT2D eigenvalue weighted by Crippen LogP contribution is -2.37. The van der Waals surface area contributed by atoms with E-state index in [1.165, 1.54) is 38.6 Å². The number of anilines is 2. The molecule has 2 aromatic heterocycles. The van der Waals surface area contributed by atoms with Gasteiger partial charge in [-0.05, 0) is 60.7 Å². The SMILES string of the molecule is CNC(=O)c1cc(Oc2ccc(NC(=O)NC(=O)Nc3ccc(Oc4ccnc(C(=O)NC)c4)cc3)cc2)ccn1. The number of hydrogen-bond acceptors (Lipinski definition) is 8. The average Bonchev–Trinajstić information content (AvgIpc) is 2.98. The van der Waals surface area contributed by atoms with Crippen molar-refractivity contribution >= 4 is 35.3 Å². The number of nitrogens with zero attached hydrogens (tertiary/aromatic N) is 2. The van der Waals surface area contributed by atoms with Crippen LogP contribution >= 0.6 is 0 Å². The molecule has 0 saturated heterocycles. The zero-order valence-corrected chi connectivity index (χ0v) is 21.9. The molecule has 2 heterocycles. The van der Waals surface area contributed by atoms with E-state index >= 15 is 0 Å². The molecule has 0 radical (unpaired) electrons. The van der Waals surface area contributed by atoms with Crippen LogP contribution < -0.4 is 36.1 Å². The number of hydrogen-bond donors (Lipinski definition) is 5. The largest absolute Gasteiger partial charge is 0.457 e. The Kier molecular flexibility index (Phi) is 9.02. The molecule has 6 amide bonds. The quantitative estimate of drug-likeness (QED) is 0.216. The Morgan fingerprint density at radius 3 is 1.32 bits per heavy atom. The molecule has 13 nitrogen and oxygen atoms in total. The lowest BCUT2D eigenvalue weighted by Gasteiger charge is -2.11. The molecule has 4 rings (SSSR count). The highest BCUT2D eigenvalue weighted by atomic mass is 16.5. The highest BCUT2D eigenvalue weighted by Gasteiger charge is 2.11. The van der Waals surface area contributed by atoms with Gasteiger partial charge in [0.05, 0.1) is 0 Å². The van der Waals surface area contributed by atoms with Crippen LogP contribution in [0, 0.1) is 0 Å². The molecule has 0 aliphatic carbocycles. The number of amides is 6. The summed E-state index contributed by atoms with van der Waals surface area (Å²) in [7, 11) is 3.02. The van der Waals surface area contributed by atoms with E-state index in [-0.39, 0.29) is 23.2 Å². The van der Waals surface area contributed by atoms with E-state index in [2.05, 4.69) is 36.6 Å². The predicted molar refractivity (Wildman–Crippen MR) is 149 cm³/mol. The second-order valence-corrected chi connectivity index (χ2v) is 8.20. The number of benzene rings is 2. The summed E-state index contributed by atoms with van der Waals surface area (Å²) in [4.78, 5) is 55.9. The van der Waals surface area contributed by atoms with Gasteiger partial charge in [0.1, 0.15) is 34.4 Å². The number of ether oxygens (including phenoxy) is 2. The lowest BCUT2D eigenvalue weighted by atomic mass is 10.3. The van der Waals surface area contributed by atoms with Crippen molar-refractivity contribution in [1.29, 1.82) is 0 Å². The minimum Gasteiger partial charge on any atom is -0.457 e. The van der Waals surface area contributed by atoms with Crippen molar-refractivity contribution in [3.8, 4) is 23.0 Å². The van der Waals surface area contributed by atoms with Gasteiger partial charge >= 0.3 is 12.1 Å². The molecule has 0 bridgehead atoms. The van der Waals surface area contributed by atoms with Crippen LogP contribution in [0.15, 0.2) is 85.2 Å². The smallest absolute Gasteiger partial charge is 0.327 e. The molecular weight excluding hydrogens is 530 g/mol. The Labute approximate surface area is 234 Å². The second-order valence-electron chi connectivity index (χ2n) is 8.20. The van der Waals surface area contributed by atoms with Crippen molar-refractivity contribution in [2.45, 2.75) is 0 Å². The first-order chi connectivity index (χ1) is 19.8. The molecule has 0 saturated carbocycles. The Balaban J connectivity index is 1.25. The van der Waals surface area contributed by atoms with Gasteiger partial charge in [0, 0.05) is 50.0 Å². The van der Waals surface area contributed by atoms with E-state index < -0.39 is 12.1 Å². The summed E-state index contributed by atoms with van der Waals surface area (Å²) in [5.41, 5.74) is 1.26. The minimum absolute atomic E-state index is 0.213. The first kappa shape index (κ1) is 28.0. The van der Waals surface area contributed by atoms with Crippen molar-refractivity contribution in [3.63, 3.8) is 0 Å². The van der Waals surface area contributed by atoms with Gasteiger partial charge in [-0.2, -0.15) is 0 Å². The zero-order chi connectivity index (χ0) is 29.2. The Morgan fingerprint density at radius 2 is 0.951 bits per heavy atom. The van der Waals surface area contributed by atoms with Crippen LogP contribution in [0.5, 0.6) is 23.0 Å². The standard InChI is InChI=1S/C28H25N7O6/c1-29-25(36)23-15-21(11-13-31-23)40-19-7-3-17(4-8-19)33-27(38)35-28(39)34-18-5-9-20(10-6-18)41-22-12-14-32-24(16-22)26(37)30-2/h3-16H,1-2H3,(H,29,36)(H,30,37)(H3,33,34,35,38,39). The average molecular weight is 556 g/mol. The topological polar surface area (TPSA) is 173 Å². The number of rotatable bonds is 8. The number of imide groups is 1. The fourth-order valence-electron chi connectivity index (χ4n) is 3.37. The molecule has 5 N–H and O–H groups in total. The molecule has 13 heteroatoms. The maximum absolute atomic E-state index is 12.3. The monoisotopic (exact) mass is 555 g/mol. The van der Waals surface area contributed by atoms with Gasteiger partial charge < -0.3 is 30.7 Å². The summed E-state index contributed by atoms with van der Waals surface area (Å²) in [6.07, 6.45) is 2.92. The van der Waals surface area contributed by atoms with E-state index in [1.54, 1.807) is 60.7 Å². The molecule has 0 unspecified atom stereocenters. The first-order valence-electron chi connectivity index (χ1n) is 12.1. The molecular formula is C28H25N7O6. The number of urea groups is 2. The zero-order valence-electron chi connectivity index (χ0n) is 21.9. The highest BCUT2D eigenvalue weighted by Crippen LogP contribution is 2.24. The number of pyridine rings is 2. The highest BCUT2D eigenvalue weighted by molar-refractivity contribution is 6.05. The molecule has 208 valence electrons. The molecule has 0 aliphatic rings. The van der Waals surface area contributed by atoms with E-state index in [9.17, 15) is 19.2 Å². The van der Waals surface area contributed by atoms with Gasteiger partial charge in [-0.15, -0.1) is 0 Å². The third kappa shape index (κ3) is 8.00. The predicted octanol–water partition coefficient (Wildman–Crippen LogP) is 4.13. The van der Waals surface area contributed by atoms with Crippen LogP contribution in [0.3, 0.4) is 0 Å². The van der Waals surface area contributed by atoms with Gasteiger partial charge in [0.25, 0.3) is 11.8 Å². The fourth-order valence-corrected chi connectivity index (χ4v) is 3.37. The molecule has 2 aromatic carbocycles. The van der Waals surface area contributed by atoms with E-state index in [0.29, 0.717) is 34.4 Å². The van der Waals surface area contributed by atoms with Crippen LogP contribution in [0.1, 0.15) is 21.0 Å². The van der Waals surface area contributed by atoms with Crippen molar-refractivity contribution < 1.29 is 28.7 Å². The number of nitrogens with one attached hydrogen (secondary N) is 5. The normalized spacial score (nSPS) is 10.1. The fraction of sp³-hybridized carbons (Fsp3) is 0.0714. The third-order valence-corrected chi connectivity index (χ3v) is 5.31.